The maximum atomic E-state index is 12.6. The van der Waals surface area contributed by atoms with Crippen LogP contribution in [0, 0.1) is 6.92 Å². The highest BCUT2D eigenvalue weighted by molar-refractivity contribution is 6.01. The lowest BCUT2D eigenvalue weighted by Crippen LogP contribution is -3.00. The van der Waals surface area contributed by atoms with Crippen molar-refractivity contribution in [3.05, 3.63) is 47.8 Å². The first kappa shape index (κ1) is 21.2. The Labute approximate surface area is 170 Å². The molecular formula is C20H26BrN3O3. The van der Waals surface area contributed by atoms with Gasteiger partial charge in [0.25, 0.3) is 5.91 Å². The highest BCUT2D eigenvalue weighted by atomic mass is 79.9. The fourth-order valence-electron chi connectivity index (χ4n) is 3.64. The van der Waals surface area contributed by atoms with Crippen LogP contribution in [0.2, 0.25) is 0 Å². The summed E-state index contributed by atoms with van der Waals surface area (Å²) in [6.07, 6.45) is 10.0. The van der Waals surface area contributed by atoms with Gasteiger partial charge in [0.05, 0.1) is 30.6 Å². The van der Waals surface area contributed by atoms with Crippen molar-refractivity contribution < 1.29 is 36.0 Å². The van der Waals surface area contributed by atoms with Gasteiger partial charge in [-0.15, -0.1) is 4.68 Å². The van der Waals surface area contributed by atoms with Gasteiger partial charge in [-0.25, -0.2) is 4.79 Å². The average molecular weight is 436 g/mol. The fraction of sp³-hybridized carbons (Fsp3) is 0.450. The number of aryl methyl sites for hydroxylation is 1. The van der Waals surface area contributed by atoms with Crippen molar-refractivity contribution in [3.8, 4) is 0 Å². The molecule has 0 bridgehead atoms. The van der Waals surface area contributed by atoms with Crippen molar-refractivity contribution in [3.63, 3.8) is 0 Å². The number of hydrogen-bond donors (Lipinski definition) is 1. The molecule has 146 valence electrons. The molecule has 2 aromatic rings. The van der Waals surface area contributed by atoms with E-state index in [2.05, 4.69) is 10.00 Å². The van der Waals surface area contributed by atoms with Crippen LogP contribution in [0.25, 0.3) is 0 Å². The number of nitrogens with zero attached hydrogens (tertiary/aromatic N) is 2. The minimum absolute atomic E-state index is 0. The van der Waals surface area contributed by atoms with Crippen molar-refractivity contribution in [2.24, 2.45) is 0 Å². The van der Waals surface area contributed by atoms with Crippen LogP contribution in [0.15, 0.2) is 36.7 Å². The molecule has 0 unspecified atom stereocenters. The average Bonchev–Trinajstić information content (AvgIpc) is 3.11. The number of benzene rings is 1. The molecule has 1 fully saturated rings. The van der Waals surface area contributed by atoms with E-state index in [4.69, 9.17) is 4.74 Å². The van der Waals surface area contributed by atoms with Gasteiger partial charge in [-0.3, -0.25) is 4.79 Å². The molecule has 3 rings (SSSR count). The molecule has 1 N–H and O–H groups in total. The summed E-state index contributed by atoms with van der Waals surface area (Å²) >= 11 is 0. The fourth-order valence-corrected chi connectivity index (χ4v) is 3.64. The first-order chi connectivity index (χ1) is 12.6. The lowest BCUT2D eigenvalue weighted by atomic mass is 9.96. The number of para-hydroxylation sites is 1. The SMILES string of the molecule is COC(=O)c1cccc(C)c1NC(=O)C[n+]1cccn1C1CCCCC1.[Br-]. The molecule has 1 aromatic carbocycles. The molecule has 1 aromatic heterocycles. The zero-order chi connectivity index (χ0) is 18.5. The second kappa shape index (κ2) is 9.69. The molecule has 0 spiro atoms. The van der Waals surface area contributed by atoms with E-state index >= 15 is 0 Å². The number of amides is 1. The van der Waals surface area contributed by atoms with Crippen LogP contribution in [0.5, 0.6) is 0 Å². The number of esters is 1. The molecule has 27 heavy (non-hydrogen) atoms. The van der Waals surface area contributed by atoms with Gasteiger partial charge in [0.2, 0.25) is 6.54 Å². The number of aromatic nitrogens is 2. The summed E-state index contributed by atoms with van der Waals surface area (Å²) in [5, 5.41) is 2.89. The third kappa shape index (κ3) is 4.97. The maximum Gasteiger partial charge on any atom is 0.339 e. The largest absolute Gasteiger partial charge is 1.00 e. The van der Waals surface area contributed by atoms with E-state index in [0.717, 1.165) is 18.4 Å². The van der Waals surface area contributed by atoms with Crippen molar-refractivity contribution in [1.29, 1.82) is 0 Å². The number of hydrogen-bond acceptors (Lipinski definition) is 3. The Balaban J connectivity index is 0.00000261. The topological polar surface area (TPSA) is 64.2 Å². The number of anilines is 1. The van der Waals surface area contributed by atoms with E-state index in [1.807, 2.05) is 36.1 Å². The van der Waals surface area contributed by atoms with Gasteiger partial charge in [0.15, 0.2) is 6.20 Å². The number of carbonyl (C=O) groups is 2. The molecule has 1 amide bonds. The van der Waals surface area contributed by atoms with E-state index in [-0.39, 0.29) is 29.4 Å². The smallest absolute Gasteiger partial charge is 0.339 e. The Morgan fingerprint density at radius 2 is 1.96 bits per heavy atom. The highest BCUT2D eigenvalue weighted by Gasteiger charge is 2.24. The standard InChI is InChI=1S/C20H25N3O3.BrH/c1-15-8-6-11-17(20(25)26-2)19(15)21-18(24)14-22-12-7-13-23(22)16-9-4-3-5-10-16;/h6-8,11-13,16H,3-5,9-10,14H2,1-2H3;1H. The number of ether oxygens (including phenoxy) is 1. The molecule has 6 nitrogen and oxygen atoms in total. The normalized spacial score (nSPS) is 14.3. The van der Waals surface area contributed by atoms with Gasteiger partial charge in [0.1, 0.15) is 0 Å². The summed E-state index contributed by atoms with van der Waals surface area (Å²) in [5.41, 5.74) is 1.71. The Kier molecular flexibility index (Phi) is 7.59. The zero-order valence-corrected chi connectivity index (χ0v) is 17.4. The molecule has 7 heteroatoms. The molecule has 1 aliphatic rings. The Hall–Kier alpha value is -2.15. The van der Waals surface area contributed by atoms with Crippen LogP contribution in [0.1, 0.15) is 54.1 Å². The number of halogens is 1. The van der Waals surface area contributed by atoms with E-state index < -0.39 is 5.97 Å². The second-order valence-corrected chi connectivity index (χ2v) is 6.80. The van der Waals surface area contributed by atoms with E-state index in [1.54, 1.807) is 12.1 Å². The van der Waals surface area contributed by atoms with Crippen molar-refractivity contribution >= 4 is 17.6 Å². The third-order valence-corrected chi connectivity index (χ3v) is 4.99. The van der Waals surface area contributed by atoms with Gasteiger partial charge in [-0.1, -0.05) is 31.4 Å². The Morgan fingerprint density at radius 1 is 1.22 bits per heavy atom. The van der Waals surface area contributed by atoms with E-state index in [1.165, 1.54) is 26.4 Å². The molecule has 1 heterocycles. The van der Waals surface area contributed by atoms with E-state index in [0.29, 0.717) is 17.3 Å². The summed E-state index contributed by atoms with van der Waals surface area (Å²) in [7, 11) is 1.34. The van der Waals surface area contributed by atoms with Crippen LogP contribution < -0.4 is 27.0 Å². The first-order valence-corrected chi connectivity index (χ1v) is 9.14. The maximum absolute atomic E-state index is 12.6. The van der Waals surface area contributed by atoms with Crippen LogP contribution in [-0.2, 0) is 16.1 Å². The third-order valence-electron chi connectivity index (χ3n) is 4.99. The highest BCUT2D eigenvalue weighted by Crippen LogP contribution is 2.26. The van der Waals surface area contributed by atoms with Crippen LogP contribution in [0.3, 0.4) is 0 Å². The number of methoxy groups -OCH3 is 1. The molecule has 0 radical (unpaired) electrons. The van der Waals surface area contributed by atoms with Gasteiger partial charge in [0, 0.05) is 6.07 Å². The minimum atomic E-state index is -0.456. The van der Waals surface area contributed by atoms with Crippen molar-refractivity contribution in [2.75, 3.05) is 12.4 Å². The zero-order valence-electron chi connectivity index (χ0n) is 15.8. The quantitative estimate of drug-likeness (QED) is 0.531. The van der Waals surface area contributed by atoms with Crippen LogP contribution >= 0.6 is 0 Å². The molecular weight excluding hydrogens is 410 g/mol. The van der Waals surface area contributed by atoms with Crippen LogP contribution in [-0.4, -0.2) is 23.7 Å². The van der Waals surface area contributed by atoms with Gasteiger partial charge in [-0.05, 0) is 31.4 Å². The lowest BCUT2D eigenvalue weighted by Gasteiger charge is -2.21. The molecule has 0 saturated heterocycles. The molecule has 0 aliphatic heterocycles. The second-order valence-electron chi connectivity index (χ2n) is 6.80. The van der Waals surface area contributed by atoms with Crippen molar-refractivity contribution in [2.45, 2.75) is 51.6 Å². The first-order valence-electron chi connectivity index (χ1n) is 9.14. The summed E-state index contributed by atoms with van der Waals surface area (Å²) in [6.45, 7) is 2.07. The summed E-state index contributed by atoms with van der Waals surface area (Å²) < 4.78 is 8.93. The number of rotatable bonds is 5. The van der Waals surface area contributed by atoms with Gasteiger partial charge >= 0.3 is 5.97 Å². The van der Waals surface area contributed by atoms with Gasteiger partial charge < -0.3 is 27.0 Å². The minimum Gasteiger partial charge on any atom is -1.00 e. The molecule has 1 aliphatic carbocycles. The number of nitrogens with one attached hydrogen (secondary N) is 1. The summed E-state index contributed by atoms with van der Waals surface area (Å²) in [5.74, 6) is -0.618. The van der Waals surface area contributed by atoms with E-state index in [9.17, 15) is 9.59 Å². The monoisotopic (exact) mass is 435 g/mol. The molecule has 1 saturated carbocycles. The van der Waals surface area contributed by atoms with Crippen molar-refractivity contribution in [1.82, 2.24) is 4.68 Å². The Morgan fingerprint density at radius 3 is 2.67 bits per heavy atom. The molecule has 0 atom stereocenters. The number of carbonyl (C=O) groups excluding carboxylic acids is 2. The predicted octanol–water partition coefficient (Wildman–Crippen LogP) is 0.0185. The lowest BCUT2D eigenvalue weighted by molar-refractivity contribution is -0.767. The summed E-state index contributed by atoms with van der Waals surface area (Å²) in [4.78, 5) is 24.6. The van der Waals surface area contributed by atoms with Gasteiger partial charge in [-0.2, -0.15) is 4.68 Å². The Bertz CT molecular complexity index is 798. The van der Waals surface area contributed by atoms with Crippen LogP contribution in [0.4, 0.5) is 5.69 Å². The summed E-state index contributed by atoms with van der Waals surface area (Å²) in [6, 6.07) is 7.72. The predicted molar refractivity (Wildman–Crippen MR) is 97.9 cm³/mol.